The Morgan fingerprint density at radius 1 is 1.33 bits per heavy atom. The molecule has 0 spiro atoms. The topological polar surface area (TPSA) is 80.3 Å². The van der Waals surface area contributed by atoms with Gasteiger partial charge in [-0.05, 0) is 25.1 Å². The summed E-state index contributed by atoms with van der Waals surface area (Å²) in [5.41, 5.74) is 0.212. The zero-order chi connectivity index (χ0) is 13.9. The van der Waals surface area contributed by atoms with Crippen molar-refractivity contribution in [1.29, 1.82) is 0 Å². The minimum Gasteiger partial charge on any atom is -0.295 e. The third-order valence-electron chi connectivity index (χ3n) is 2.20. The molecular formula is C11H12ClNO4S. The standard InChI is InChI=1S/C11H12ClNO4S/c1-3-11(15)13-18(16,17)10-6-8(7(2)14)4-5-9(10)12/h4-6H,3H2,1-2H3,(H,13,15). The fraction of sp³-hybridized carbons (Fsp3) is 0.273. The molecule has 5 nitrogen and oxygen atoms in total. The molecule has 1 amide bonds. The minimum absolute atomic E-state index is 0.0310. The Morgan fingerprint density at radius 3 is 2.44 bits per heavy atom. The normalized spacial score (nSPS) is 11.1. The number of nitrogens with one attached hydrogen (secondary N) is 1. The number of amides is 1. The van der Waals surface area contributed by atoms with Gasteiger partial charge in [0.05, 0.1) is 5.02 Å². The first-order valence-corrected chi connectivity index (χ1v) is 7.00. The number of carbonyl (C=O) groups excluding carboxylic acids is 2. The van der Waals surface area contributed by atoms with E-state index in [9.17, 15) is 18.0 Å². The summed E-state index contributed by atoms with van der Waals surface area (Å²) in [5, 5.41) is -0.0450. The SMILES string of the molecule is CCC(=O)NS(=O)(=O)c1cc(C(C)=O)ccc1Cl. The van der Waals surface area contributed by atoms with Gasteiger partial charge in [-0.1, -0.05) is 18.5 Å². The second-order valence-electron chi connectivity index (χ2n) is 3.58. The van der Waals surface area contributed by atoms with Crippen LogP contribution < -0.4 is 4.72 Å². The lowest BCUT2D eigenvalue weighted by Gasteiger charge is -2.08. The smallest absolute Gasteiger partial charge is 0.265 e. The second kappa shape index (κ2) is 5.49. The van der Waals surface area contributed by atoms with E-state index in [1.807, 2.05) is 4.72 Å². The Balaban J connectivity index is 3.27. The lowest BCUT2D eigenvalue weighted by atomic mass is 10.1. The summed E-state index contributed by atoms with van der Waals surface area (Å²) >= 11 is 5.77. The van der Waals surface area contributed by atoms with E-state index in [0.717, 1.165) is 6.07 Å². The zero-order valence-electron chi connectivity index (χ0n) is 9.86. The number of ketones is 1. The Labute approximate surface area is 110 Å². The van der Waals surface area contributed by atoms with Gasteiger partial charge in [0.25, 0.3) is 10.0 Å². The largest absolute Gasteiger partial charge is 0.295 e. The molecule has 7 heteroatoms. The molecule has 0 radical (unpaired) electrons. The molecule has 0 atom stereocenters. The van der Waals surface area contributed by atoms with Gasteiger partial charge < -0.3 is 0 Å². The summed E-state index contributed by atoms with van der Waals surface area (Å²) in [4.78, 5) is 22.0. The number of carbonyl (C=O) groups is 2. The average Bonchev–Trinajstić information content (AvgIpc) is 2.28. The average molecular weight is 290 g/mol. The maximum Gasteiger partial charge on any atom is 0.265 e. The Kier molecular flexibility index (Phi) is 4.48. The number of sulfonamides is 1. The van der Waals surface area contributed by atoms with Crippen LogP contribution in [0.2, 0.25) is 5.02 Å². The molecule has 0 aromatic heterocycles. The highest BCUT2D eigenvalue weighted by molar-refractivity contribution is 7.90. The lowest BCUT2D eigenvalue weighted by molar-refractivity contribution is -0.119. The minimum atomic E-state index is -4.04. The molecule has 1 N–H and O–H groups in total. The second-order valence-corrected chi connectivity index (χ2v) is 5.64. The van der Waals surface area contributed by atoms with Crippen molar-refractivity contribution in [3.8, 4) is 0 Å². The quantitative estimate of drug-likeness (QED) is 0.857. The third-order valence-corrected chi connectivity index (χ3v) is 4.05. The number of benzene rings is 1. The zero-order valence-corrected chi connectivity index (χ0v) is 11.4. The molecule has 0 heterocycles. The molecule has 1 rings (SSSR count). The molecule has 0 bridgehead atoms. The van der Waals surface area contributed by atoms with E-state index in [2.05, 4.69) is 0 Å². The Hall–Kier alpha value is -1.40. The van der Waals surface area contributed by atoms with Crippen LogP contribution in [0.5, 0.6) is 0 Å². The van der Waals surface area contributed by atoms with Crippen LogP contribution >= 0.6 is 11.6 Å². The number of hydrogen-bond acceptors (Lipinski definition) is 4. The van der Waals surface area contributed by atoms with Gasteiger partial charge in [0.1, 0.15) is 4.90 Å². The maximum atomic E-state index is 11.9. The first-order chi connectivity index (χ1) is 8.27. The number of rotatable bonds is 4. The van der Waals surface area contributed by atoms with Gasteiger partial charge in [-0.2, -0.15) is 0 Å². The predicted octanol–water partition coefficient (Wildman–Crippen LogP) is 1.76. The van der Waals surface area contributed by atoms with Crippen molar-refractivity contribution in [1.82, 2.24) is 4.72 Å². The molecule has 0 fully saturated rings. The van der Waals surface area contributed by atoms with E-state index >= 15 is 0 Å². The van der Waals surface area contributed by atoms with E-state index in [0.29, 0.717) is 0 Å². The molecule has 1 aromatic rings. The van der Waals surface area contributed by atoms with Gasteiger partial charge >= 0.3 is 0 Å². The van der Waals surface area contributed by atoms with E-state index in [4.69, 9.17) is 11.6 Å². The van der Waals surface area contributed by atoms with Crippen molar-refractivity contribution in [2.24, 2.45) is 0 Å². The Morgan fingerprint density at radius 2 is 1.94 bits per heavy atom. The van der Waals surface area contributed by atoms with Gasteiger partial charge in [-0.3, -0.25) is 9.59 Å². The lowest BCUT2D eigenvalue weighted by Crippen LogP contribution is -2.30. The van der Waals surface area contributed by atoms with Gasteiger partial charge in [0, 0.05) is 12.0 Å². The van der Waals surface area contributed by atoms with Gasteiger partial charge in [-0.25, -0.2) is 13.1 Å². The third kappa shape index (κ3) is 3.30. The van der Waals surface area contributed by atoms with Crippen LogP contribution in [-0.2, 0) is 14.8 Å². The molecule has 0 aliphatic heterocycles. The fourth-order valence-electron chi connectivity index (χ4n) is 1.21. The van der Waals surface area contributed by atoms with E-state index in [-0.39, 0.29) is 27.7 Å². The van der Waals surface area contributed by atoms with E-state index in [1.54, 1.807) is 0 Å². The van der Waals surface area contributed by atoms with Gasteiger partial charge in [0.15, 0.2) is 5.78 Å². The highest BCUT2D eigenvalue weighted by Gasteiger charge is 2.21. The van der Waals surface area contributed by atoms with Crippen LogP contribution in [0.25, 0.3) is 0 Å². The fourth-order valence-corrected chi connectivity index (χ4v) is 2.79. The molecule has 0 saturated carbocycles. The molecule has 18 heavy (non-hydrogen) atoms. The van der Waals surface area contributed by atoms with Gasteiger partial charge in [-0.15, -0.1) is 0 Å². The first-order valence-electron chi connectivity index (χ1n) is 5.14. The summed E-state index contributed by atoms with van der Waals surface area (Å²) < 4.78 is 25.6. The highest BCUT2D eigenvalue weighted by atomic mass is 35.5. The molecule has 0 aliphatic rings. The van der Waals surface area contributed by atoms with Crippen molar-refractivity contribution in [2.45, 2.75) is 25.2 Å². The molecule has 0 saturated heterocycles. The van der Waals surface area contributed by atoms with Crippen LogP contribution in [0.15, 0.2) is 23.1 Å². The van der Waals surface area contributed by atoms with E-state index < -0.39 is 15.9 Å². The molecular weight excluding hydrogens is 278 g/mol. The van der Waals surface area contributed by atoms with Crippen LogP contribution in [0, 0.1) is 0 Å². The summed E-state index contributed by atoms with van der Waals surface area (Å²) in [6.07, 6.45) is 0.0310. The van der Waals surface area contributed by atoms with Gasteiger partial charge in [0.2, 0.25) is 5.91 Å². The number of hydrogen-bond donors (Lipinski definition) is 1. The van der Waals surface area contributed by atoms with Crippen LogP contribution in [-0.4, -0.2) is 20.1 Å². The summed E-state index contributed by atoms with van der Waals surface area (Å²) in [5.74, 6) is -0.927. The van der Waals surface area contributed by atoms with Crippen molar-refractivity contribution in [3.05, 3.63) is 28.8 Å². The molecule has 1 aromatic carbocycles. The maximum absolute atomic E-state index is 11.9. The van der Waals surface area contributed by atoms with Crippen LogP contribution in [0.4, 0.5) is 0 Å². The van der Waals surface area contributed by atoms with Crippen LogP contribution in [0.3, 0.4) is 0 Å². The van der Waals surface area contributed by atoms with Crippen molar-refractivity contribution in [3.63, 3.8) is 0 Å². The molecule has 0 aliphatic carbocycles. The first kappa shape index (κ1) is 14.7. The summed E-state index contributed by atoms with van der Waals surface area (Å²) in [6, 6.07) is 3.88. The summed E-state index contributed by atoms with van der Waals surface area (Å²) in [7, 11) is -4.04. The monoisotopic (exact) mass is 289 g/mol. The Bertz CT molecular complexity index is 595. The summed E-state index contributed by atoms with van der Waals surface area (Å²) in [6.45, 7) is 2.84. The predicted molar refractivity (Wildman–Crippen MR) is 67.1 cm³/mol. The van der Waals surface area contributed by atoms with Crippen molar-refractivity contribution < 1.29 is 18.0 Å². The molecule has 0 unspecified atom stereocenters. The van der Waals surface area contributed by atoms with Crippen LogP contribution in [0.1, 0.15) is 30.6 Å². The number of halogens is 1. The highest BCUT2D eigenvalue weighted by Crippen LogP contribution is 2.22. The van der Waals surface area contributed by atoms with E-state index in [1.165, 1.54) is 26.0 Å². The van der Waals surface area contributed by atoms with Crippen molar-refractivity contribution in [2.75, 3.05) is 0 Å². The molecule has 98 valence electrons. The number of Topliss-reactive ketones (excluding diaryl/α,β-unsaturated/α-hetero) is 1. The van der Waals surface area contributed by atoms with Crippen molar-refractivity contribution >= 4 is 33.3 Å².